The van der Waals surface area contributed by atoms with Crippen molar-refractivity contribution in [3.63, 3.8) is 0 Å². The van der Waals surface area contributed by atoms with Crippen LogP contribution in [0.2, 0.25) is 0 Å². The van der Waals surface area contributed by atoms with Gasteiger partial charge < -0.3 is 15.4 Å². The molecular weight excluding hydrogens is 355 g/mol. The van der Waals surface area contributed by atoms with Gasteiger partial charge in [-0.05, 0) is 66.1 Å². The van der Waals surface area contributed by atoms with Gasteiger partial charge in [0.2, 0.25) is 5.91 Å². The molecular formula is C23H23FN2O2. The molecule has 28 heavy (non-hydrogen) atoms. The number of rotatable bonds is 8. The van der Waals surface area contributed by atoms with E-state index in [1.54, 1.807) is 19.2 Å². The zero-order valence-corrected chi connectivity index (χ0v) is 15.7. The van der Waals surface area contributed by atoms with Gasteiger partial charge in [0.15, 0.2) is 0 Å². The van der Waals surface area contributed by atoms with Gasteiger partial charge in [-0.3, -0.25) is 4.79 Å². The lowest BCUT2D eigenvalue weighted by Crippen LogP contribution is -2.14. The van der Waals surface area contributed by atoms with Crippen molar-refractivity contribution in [2.75, 3.05) is 24.3 Å². The van der Waals surface area contributed by atoms with Gasteiger partial charge in [-0.1, -0.05) is 24.3 Å². The maximum absolute atomic E-state index is 12.9. The van der Waals surface area contributed by atoms with E-state index in [0.717, 1.165) is 41.2 Å². The Hall–Kier alpha value is -3.34. The van der Waals surface area contributed by atoms with Crippen LogP contribution in [-0.2, 0) is 17.6 Å². The Kier molecular flexibility index (Phi) is 6.63. The summed E-state index contributed by atoms with van der Waals surface area (Å²) in [7, 11) is 1.61. The topological polar surface area (TPSA) is 50.4 Å². The van der Waals surface area contributed by atoms with Gasteiger partial charge in [0.05, 0.1) is 13.5 Å². The van der Waals surface area contributed by atoms with Gasteiger partial charge in [-0.15, -0.1) is 0 Å². The molecule has 0 radical (unpaired) electrons. The van der Waals surface area contributed by atoms with E-state index in [-0.39, 0.29) is 11.7 Å². The second-order valence-corrected chi connectivity index (χ2v) is 6.45. The van der Waals surface area contributed by atoms with Crippen LogP contribution < -0.4 is 15.4 Å². The molecule has 0 atom stereocenters. The number of ether oxygens (including phenoxy) is 1. The van der Waals surface area contributed by atoms with Crippen molar-refractivity contribution in [2.24, 2.45) is 0 Å². The van der Waals surface area contributed by atoms with Crippen LogP contribution in [-0.4, -0.2) is 19.6 Å². The van der Waals surface area contributed by atoms with E-state index in [1.807, 2.05) is 48.5 Å². The molecule has 0 bridgehead atoms. The Morgan fingerprint density at radius 2 is 1.46 bits per heavy atom. The molecule has 0 saturated carbocycles. The molecule has 144 valence electrons. The lowest BCUT2D eigenvalue weighted by atomic mass is 10.1. The lowest BCUT2D eigenvalue weighted by Gasteiger charge is -2.09. The monoisotopic (exact) mass is 378 g/mol. The average molecular weight is 378 g/mol. The Bertz CT molecular complexity index is 891. The average Bonchev–Trinajstić information content (AvgIpc) is 2.71. The van der Waals surface area contributed by atoms with E-state index in [2.05, 4.69) is 10.6 Å². The number of benzene rings is 3. The number of carbonyl (C=O) groups is 1. The van der Waals surface area contributed by atoms with E-state index in [9.17, 15) is 9.18 Å². The first-order valence-corrected chi connectivity index (χ1v) is 9.13. The van der Waals surface area contributed by atoms with Crippen molar-refractivity contribution in [3.8, 4) is 5.75 Å². The Labute approximate surface area is 164 Å². The largest absolute Gasteiger partial charge is 0.497 e. The SMILES string of the molecule is COc1ccc(CC(=O)Nc2ccc(NCCc3ccc(F)cc3)cc2)cc1. The molecule has 0 aliphatic rings. The zero-order valence-electron chi connectivity index (χ0n) is 15.7. The maximum Gasteiger partial charge on any atom is 0.228 e. The number of nitrogens with one attached hydrogen (secondary N) is 2. The van der Waals surface area contributed by atoms with E-state index in [4.69, 9.17) is 4.74 Å². The maximum atomic E-state index is 12.9. The Balaban J connectivity index is 1.45. The zero-order chi connectivity index (χ0) is 19.8. The minimum atomic E-state index is -0.221. The summed E-state index contributed by atoms with van der Waals surface area (Å²) in [6, 6.07) is 21.6. The summed E-state index contributed by atoms with van der Waals surface area (Å²) < 4.78 is 18.0. The summed E-state index contributed by atoms with van der Waals surface area (Å²) >= 11 is 0. The summed E-state index contributed by atoms with van der Waals surface area (Å²) in [5, 5.41) is 6.22. The van der Waals surface area contributed by atoms with Crippen molar-refractivity contribution >= 4 is 17.3 Å². The molecule has 0 spiro atoms. The minimum Gasteiger partial charge on any atom is -0.497 e. The molecule has 3 rings (SSSR count). The van der Waals surface area contributed by atoms with Gasteiger partial charge in [0.1, 0.15) is 11.6 Å². The van der Waals surface area contributed by atoms with E-state index >= 15 is 0 Å². The summed E-state index contributed by atoms with van der Waals surface area (Å²) in [5.74, 6) is 0.482. The van der Waals surface area contributed by atoms with E-state index in [0.29, 0.717) is 6.42 Å². The molecule has 0 aliphatic heterocycles. The van der Waals surface area contributed by atoms with Crippen molar-refractivity contribution in [3.05, 3.63) is 89.7 Å². The normalized spacial score (nSPS) is 10.4. The van der Waals surface area contributed by atoms with Crippen LogP contribution in [0.15, 0.2) is 72.8 Å². The predicted molar refractivity (Wildman–Crippen MR) is 110 cm³/mol. The van der Waals surface area contributed by atoms with Gasteiger partial charge in [-0.25, -0.2) is 4.39 Å². The smallest absolute Gasteiger partial charge is 0.228 e. The molecule has 0 fully saturated rings. The van der Waals surface area contributed by atoms with Crippen LogP contribution in [0.25, 0.3) is 0 Å². The van der Waals surface area contributed by atoms with Crippen molar-refractivity contribution in [1.29, 1.82) is 0 Å². The fourth-order valence-corrected chi connectivity index (χ4v) is 2.81. The van der Waals surface area contributed by atoms with Crippen molar-refractivity contribution < 1.29 is 13.9 Å². The summed E-state index contributed by atoms with van der Waals surface area (Å²) in [6.45, 7) is 0.745. The van der Waals surface area contributed by atoms with Crippen molar-refractivity contribution in [1.82, 2.24) is 0 Å². The number of anilines is 2. The van der Waals surface area contributed by atoms with Crippen LogP contribution in [0.3, 0.4) is 0 Å². The van der Waals surface area contributed by atoms with Crippen LogP contribution >= 0.6 is 0 Å². The molecule has 0 aliphatic carbocycles. The number of amides is 1. The Morgan fingerprint density at radius 1 is 0.857 bits per heavy atom. The van der Waals surface area contributed by atoms with Gasteiger partial charge in [0.25, 0.3) is 0 Å². The number of hydrogen-bond donors (Lipinski definition) is 2. The van der Waals surface area contributed by atoms with Gasteiger partial charge >= 0.3 is 0 Å². The molecule has 0 unspecified atom stereocenters. The van der Waals surface area contributed by atoms with E-state index in [1.165, 1.54) is 12.1 Å². The number of hydrogen-bond acceptors (Lipinski definition) is 3. The summed E-state index contributed by atoms with van der Waals surface area (Å²) in [5.41, 5.74) is 3.73. The molecule has 3 aromatic rings. The molecule has 2 N–H and O–H groups in total. The highest BCUT2D eigenvalue weighted by Gasteiger charge is 2.05. The third-order valence-electron chi connectivity index (χ3n) is 4.35. The molecule has 5 heteroatoms. The van der Waals surface area contributed by atoms with Crippen LogP contribution in [0.4, 0.5) is 15.8 Å². The number of halogens is 1. The molecule has 3 aromatic carbocycles. The fraction of sp³-hybridized carbons (Fsp3) is 0.174. The first kappa shape index (κ1) is 19.4. The molecule has 1 amide bonds. The second kappa shape index (κ2) is 9.55. The second-order valence-electron chi connectivity index (χ2n) is 6.45. The summed E-state index contributed by atoms with van der Waals surface area (Å²) in [6.07, 6.45) is 1.11. The number of carbonyl (C=O) groups excluding carboxylic acids is 1. The molecule has 0 saturated heterocycles. The quantitative estimate of drug-likeness (QED) is 0.599. The van der Waals surface area contributed by atoms with E-state index < -0.39 is 0 Å². The molecule has 0 aromatic heterocycles. The van der Waals surface area contributed by atoms with Crippen LogP contribution in [0.5, 0.6) is 5.75 Å². The van der Waals surface area contributed by atoms with Crippen molar-refractivity contribution in [2.45, 2.75) is 12.8 Å². The lowest BCUT2D eigenvalue weighted by molar-refractivity contribution is -0.115. The highest BCUT2D eigenvalue weighted by atomic mass is 19.1. The highest BCUT2D eigenvalue weighted by molar-refractivity contribution is 5.92. The molecule has 0 heterocycles. The summed E-state index contributed by atoms with van der Waals surface area (Å²) in [4.78, 5) is 12.2. The first-order valence-electron chi connectivity index (χ1n) is 9.13. The third-order valence-corrected chi connectivity index (χ3v) is 4.35. The fourth-order valence-electron chi connectivity index (χ4n) is 2.81. The minimum absolute atomic E-state index is 0.0674. The first-order chi connectivity index (χ1) is 13.6. The van der Waals surface area contributed by atoms with Gasteiger partial charge in [0, 0.05) is 17.9 Å². The van der Waals surface area contributed by atoms with Crippen LogP contribution in [0.1, 0.15) is 11.1 Å². The standard InChI is InChI=1S/C23H23FN2O2/c1-28-22-12-4-18(5-13-22)16-23(27)26-21-10-8-20(9-11-21)25-15-14-17-2-6-19(24)7-3-17/h2-13,25H,14-16H2,1H3,(H,26,27). The van der Waals surface area contributed by atoms with Gasteiger partial charge in [-0.2, -0.15) is 0 Å². The van der Waals surface area contributed by atoms with Crippen LogP contribution in [0, 0.1) is 5.82 Å². The number of methoxy groups -OCH3 is 1. The Morgan fingerprint density at radius 3 is 2.11 bits per heavy atom. The predicted octanol–water partition coefficient (Wildman–Crippen LogP) is 4.67. The third kappa shape index (κ3) is 5.84. The molecule has 4 nitrogen and oxygen atoms in total. The highest BCUT2D eigenvalue weighted by Crippen LogP contribution is 2.15.